The van der Waals surface area contributed by atoms with Crippen molar-refractivity contribution in [1.82, 2.24) is 9.55 Å². The summed E-state index contributed by atoms with van der Waals surface area (Å²) in [6.45, 7) is 0.785. The van der Waals surface area contributed by atoms with E-state index in [1.807, 2.05) is 36.0 Å². The largest absolute Gasteiger partial charge is 0.389 e. The number of nitrogens with one attached hydrogen (secondary N) is 1. The van der Waals surface area contributed by atoms with Crippen molar-refractivity contribution in [3.8, 4) is 0 Å². The molecule has 1 heterocycles. The predicted molar refractivity (Wildman–Crippen MR) is 82.7 cm³/mol. The van der Waals surface area contributed by atoms with Gasteiger partial charge in [0, 0.05) is 43.7 Å². The van der Waals surface area contributed by atoms with Gasteiger partial charge in [0.15, 0.2) is 0 Å². The molecular weight excluding hydrogens is 280 g/mol. The van der Waals surface area contributed by atoms with E-state index in [0.717, 1.165) is 24.5 Å². The Balaban J connectivity index is 1.95. The quantitative estimate of drug-likeness (QED) is 0.831. The van der Waals surface area contributed by atoms with E-state index < -0.39 is 0 Å². The molecule has 0 amide bonds. The number of hydrogen-bond donors (Lipinski definition) is 2. The number of thiocarbonyl (C=S) groups is 1. The van der Waals surface area contributed by atoms with Crippen molar-refractivity contribution < 1.29 is 0 Å². The Bertz CT molecular complexity index is 594. The van der Waals surface area contributed by atoms with Gasteiger partial charge >= 0.3 is 0 Å². The molecular formula is C13H15ClN4S. The molecule has 0 unspecified atom stereocenters. The van der Waals surface area contributed by atoms with Crippen LogP contribution in [-0.2, 0) is 13.5 Å². The molecule has 0 atom stereocenters. The van der Waals surface area contributed by atoms with Crippen LogP contribution in [0.1, 0.15) is 11.4 Å². The highest BCUT2D eigenvalue weighted by atomic mass is 35.5. The first-order valence-corrected chi connectivity index (χ1v) is 6.66. The van der Waals surface area contributed by atoms with Gasteiger partial charge < -0.3 is 15.6 Å². The second kappa shape index (κ2) is 6.04. The fourth-order valence-corrected chi connectivity index (χ4v) is 2.30. The lowest BCUT2D eigenvalue weighted by atomic mass is 10.2. The zero-order chi connectivity index (χ0) is 13.8. The van der Waals surface area contributed by atoms with Crippen LogP contribution >= 0.6 is 23.8 Å². The Labute approximate surface area is 122 Å². The van der Waals surface area contributed by atoms with E-state index in [4.69, 9.17) is 29.6 Å². The van der Waals surface area contributed by atoms with Gasteiger partial charge in [-0.3, -0.25) is 0 Å². The molecule has 0 aliphatic carbocycles. The van der Waals surface area contributed by atoms with Gasteiger partial charge in [0.1, 0.15) is 10.8 Å². The fraction of sp³-hybridized carbons (Fsp3) is 0.231. The molecule has 0 bridgehead atoms. The molecule has 0 aliphatic rings. The van der Waals surface area contributed by atoms with Gasteiger partial charge in [-0.2, -0.15) is 0 Å². The number of halogens is 1. The minimum atomic E-state index is 0.310. The summed E-state index contributed by atoms with van der Waals surface area (Å²) in [4.78, 5) is 4.57. The van der Waals surface area contributed by atoms with Crippen LogP contribution in [0.15, 0.2) is 30.6 Å². The Morgan fingerprint density at radius 2 is 2.32 bits per heavy atom. The summed E-state index contributed by atoms with van der Waals surface area (Å²) in [6, 6.07) is 5.57. The topological polar surface area (TPSA) is 55.9 Å². The predicted octanol–water partition coefficient (Wildman–Crippen LogP) is 2.36. The van der Waals surface area contributed by atoms with E-state index in [2.05, 4.69) is 10.3 Å². The number of hydrogen-bond acceptors (Lipinski definition) is 3. The average Bonchev–Trinajstić information content (AvgIpc) is 2.75. The molecule has 6 heteroatoms. The molecule has 1 aromatic heterocycles. The van der Waals surface area contributed by atoms with Gasteiger partial charge in [-0.1, -0.05) is 23.8 Å². The molecule has 2 rings (SSSR count). The summed E-state index contributed by atoms with van der Waals surface area (Å²) in [5.74, 6) is 1.04. The Morgan fingerprint density at radius 3 is 2.89 bits per heavy atom. The van der Waals surface area contributed by atoms with Crippen molar-refractivity contribution in [2.75, 3.05) is 11.9 Å². The molecule has 4 nitrogen and oxygen atoms in total. The minimum absolute atomic E-state index is 0.310. The zero-order valence-electron chi connectivity index (χ0n) is 10.6. The average molecular weight is 295 g/mol. The molecule has 3 N–H and O–H groups in total. The number of benzene rings is 1. The number of nitrogens with two attached hydrogens (primary N) is 1. The van der Waals surface area contributed by atoms with Crippen LogP contribution in [0.25, 0.3) is 0 Å². The van der Waals surface area contributed by atoms with Crippen molar-refractivity contribution >= 4 is 34.5 Å². The highest BCUT2D eigenvalue weighted by molar-refractivity contribution is 7.80. The number of aromatic nitrogens is 2. The first-order chi connectivity index (χ1) is 9.08. The van der Waals surface area contributed by atoms with Gasteiger partial charge in [0.05, 0.1) is 5.02 Å². The highest BCUT2D eigenvalue weighted by Crippen LogP contribution is 2.20. The van der Waals surface area contributed by atoms with Gasteiger partial charge in [-0.15, -0.1) is 0 Å². The van der Waals surface area contributed by atoms with Crippen molar-refractivity contribution in [2.24, 2.45) is 12.8 Å². The lowest BCUT2D eigenvalue weighted by Gasteiger charge is -2.09. The number of anilines is 1. The Morgan fingerprint density at radius 1 is 1.53 bits per heavy atom. The van der Waals surface area contributed by atoms with E-state index in [9.17, 15) is 0 Å². The number of aryl methyl sites for hydroxylation is 1. The van der Waals surface area contributed by atoms with E-state index in [1.165, 1.54) is 0 Å². The minimum Gasteiger partial charge on any atom is -0.389 e. The summed E-state index contributed by atoms with van der Waals surface area (Å²) in [5.41, 5.74) is 7.21. The number of rotatable bonds is 5. The molecule has 0 aliphatic heterocycles. The van der Waals surface area contributed by atoms with Crippen molar-refractivity contribution in [2.45, 2.75) is 6.42 Å². The second-order valence-electron chi connectivity index (χ2n) is 4.19. The Hall–Kier alpha value is -1.59. The third-order valence-electron chi connectivity index (χ3n) is 2.83. The number of nitrogens with zero attached hydrogens (tertiary/aromatic N) is 2. The van der Waals surface area contributed by atoms with Gasteiger partial charge in [-0.05, 0) is 18.2 Å². The molecule has 0 saturated carbocycles. The SMILES string of the molecule is Cn1ccnc1CCNc1ccc(C(N)=S)c(Cl)c1. The van der Waals surface area contributed by atoms with E-state index in [-0.39, 0.29) is 0 Å². The van der Waals surface area contributed by atoms with Crippen LogP contribution < -0.4 is 11.1 Å². The molecule has 0 fully saturated rings. The number of imidazole rings is 1. The van der Waals surface area contributed by atoms with Crippen LogP contribution in [0.5, 0.6) is 0 Å². The standard InChI is InChI=1S/C13H15ClN4S/c1-18-7-6-17-12(18)4-5-16-9-2-3-10(13(15)19)11(14)8-9/h2-3,6-8,16H,4-5H2,1H3,(H2,15,19). The second-order valence-corrected chi connectivity index (χ2v) is 5.04. The lowest BCUT2D eigenvalue weighted by Crippen LogP contribution is -2.11. The van der Waals surface area contributed by atoms with Crippen LogP contribution in [0.4, 0.5) is 5.69 Å². The maximum absolute atomic E-state index is 6.10. The molecule has 0 saturated heterocycles. The molecule has 0 spiro atoms. The van der Waals surface area contributed by atoms with Crippen LogP contribution in [-0.4, -0.2) is 21.1 Å². The van der Waals surface area contributed by atoms with E-state index in [0.29, 0.717) is 15.6 Å². The highest BCUT2D eigenvalue weighted by Gasteiger charge is 2.04. The smallest absolute Gasteiger partial charge is 0.110 e. The third-order valence-corrected chi connectivity index (χ3v) is 3.37. The first-order valence-electron chi connectivity index (χ1n) is 5.87. The van der Waals surface area contributed by atoms with Crippen molar-refractivity contribution in [3.63, 3.8) is 0 Å². The first kappa shape index (κ1) is 13.8. The van der Waals surface area contributed by atoms with Gasteiger partial charge in [0.25, 0.3) is 0 Å². The lowest BCUT2D eigenvalue weighted by molar-refractivity contribution is 0.790. The molecule has 0 radical (unpaired) electrons. The van der Waals surface area contributed by atoms with Crippen molar-refractivity contribution in [3.05, 3.63) is 47.0 Å². The van der Waals surface area contributed by atoms with E-state index in [1.54, 1.807) is 6.20 Å². The van der Waals surface area contributed by atoms with Crippen LogP contribution in [0.2, 0.25) is 5.02 Å². The Kier molecular flexibility index (Phi) is 4.39. The summed E-state index contributed by atoms with van der Waals surface area (Å²) in [7, 11) is 1.98. The zero-order valence-corrected chi connectivity index (χ0v) is 12.1. The monoisotopic (exact) mass is 294 g/mol. The molecule has 1 aromatic carbocycles. The van der Waals surface area contributed by atoms with Crippen LogP contribution in [0, 0.1) is 0 Å². The summed E-state index contributed by atoms with van der Waals surface area (Å²) in [6.07, 6.45) is 4.57. The normalized spacial score (nSPS) is 10.4. The molecule has 2 aromatic rings. The van der Waals surface area contributed by atoms with E-state index >= 15 is 0 Å². The fourth-order valence-electron chi connectivity index (χ4n) is 1.78. The van der Waals surface area contributed by atoms with Crippen molar-refractivity contribution in [1.29, 1.82) is 0 Å². The van der Waals surface area contributed by atoms with Gasteiger partial charge in [-0.25, -0.2) is 4.98 Å². The van der Waals surface area contributed by atoms with Crippen LogP contribution in [0.3, 0.4) is 0 Å². The molecule has 19 heavy (non-hydrogen) atoms. The summed E-state index contributed by atoms with van der Waals surface area (Å²) >= 11 is 11.0. The maximum Gasteiger partial charge on any atom is 0.110 e. The summed E-state index contributed by atoms with van der Waals surface area (Å²) in [5, 5.41) is 3.86. The molecule has 100 valence electrons. The maximum atomic E-state index is 6.10. The summed E-state index contributed by atoms with van der Waals surface area (Å²) < 4.78 is 2.00. The van der Waals surface area contributed by atoms with Gasteiger partial charge in [0.2, 0.25) is 0 Å². The third kappa shape index (κ3) is 3.45.